The van der Waals surface area contributed by atoms with Gasteiger partial charge in [0.1, 0.15) is 0 Å². The molecular weight excluding hydrogens is 439 g/mol. The van der Waals surface area contributed by atoms with Gasteiger partial charge < -0.3 is 0 Å². The lowest BCUT2D eigenvalue weighted by Gasteiger charge is -2.43. The maximum absolute atomic E-state index is 4.61. The molecular formula is C26H27I. The Kier molecular flexibility index (Phi) is 6.89. The van der Waals surface area contributed by atoms with Crippen molar-refractivity contribution in [1.29, 1.82) is 0 Å². The Morgan fingerprint density at radius 2 is 1.59 bits per heavy atom. The molecule has 0 aliphatic heterocycles. The smallest absolute Gasteiger partial charge is 0.0507 e. The normalized spacial score (nSPS) is 18.0. The van der Waals surface area contributed by atoms with E-state index in [9.17, 15) is 0 Å². The minimum Gasteiger partial charge on any atom is -0.0946 e. The van der Waals surface area contributed by atoms with Crippen molar-refractivity contribution < 1.29 is 0 Å². The van der Waals surface area contributed by atoms with E-state index < -0.39 is 0 Å². The fourth-order valence-corrected chi connectivity index (χ4v) is 4.37. The first-order valence-corrected chi connectivity index (χ1v) is 10.7. The van der Waals surface area contributed by atoms with Gasteiger partial charge in [-0.15, -0.1) is 0 Å². The third kappa shape index (κ3) is 4.19. The zero-order valence-electron chi connectivity index (χ0n) is 15.9. The van der Waals surface area contributed by atoms with Crippen molar-refractivity contribution >= 4 is 22.6 Å². The molecule has 0 heterocycles. The maximum Gasteiger partial charge on any atom is 0.0507 e. The SMILES string of the molecule is C=C(/C=C\C(I)=C/C)C(c1ccccc1)(c1ccccc1)[C@H]1C=CCCC1. The molecule has 1 atom stereocenters. The Labute approximate surface area is 177 Å². The molecule has 0 saturated heterocycles. The Bertz CT molecular complexity index is 801. The van der Waals surface area contributed by atoms with E-state index in [-0.39, 0.29) is 5.41 Å². The highest BCUT2D eigenvalue weighted by Crippen LogP contribution is 2.49. The molecule has 0 amide bonds. The van der Waals surface area contributed by atoms with E-state index in [4.69, 9.17) is 0 Å². The molecule has 0 nitrogen and oxygen atoms in total. The molecule has 3 rings (SSSR count). The predicted octanol–water partition coefficient (Wildman–Crippen LogP) is 7.78. The topological polar surface area (TPSA) is 0 Å². The quantitative estimate of drug-likeness (QED) is 0.232. The maximum atomic E-state index is 4.61. The van der Waals surface area contributed by atoms with Crippen molar-refractivity contribution in [3.8, 4) is 0 Å². The molecule has 0 unspecified atom stereocenters. The van der Waals surface area contributed by atoms with E-state index in [2.05, 4.69) is 127 Å². The average Bonchev–Trinajstić information content (AvgIpc) is 2.75. The van der Waals surface area contributed by atoms with Crippen molar-refractivity contribution in [3.63, 3.8) is 0 Å². The molecule has 138 valence electrons. The number of rotatable bonds is 6. The van der Waals surface area contributed by atoms with E-state index in [1.165, 1.54) is 34.0 Å². The summed E-state index contributed by atoms with van der Waals surface area (Å²) in [5, 5.41) is 0. The molecule has 1 heteroatoms. The summed E-state index contributed by atoms with van der Waals surface area (Å²) < 4.78 is 1.22. The van der Waals surface area contributed by atoms with Crippen LogP contribution in [0, 0.1) is 5.92 Å². The lowest BCUT2D eigenvalue weighted by molar-refractivity contribution is 0.398. The number of benzene rings is 2. The van der Waals surface area contributed by atoms with E-state index >= 15 is 0 Å². The second kappa shape index (κ2) is 9.36. The van der Waals surface area contributed by atoms with Crippen molar-refractivity contribution in [2.45, 2.75) is 31.6 Å². The molecule has 0 fully saturated rings. The van der Waals surface area contributed by atoms with E-state index in [1.807, 2.05) is 0 Å². The summed E-state index contributed by atoms with van der Waals surface area (Å²) in [7, 11) is 0. The fourth-order valence-electron chi connectivity index (χ4n) is 4.19. The van der Waals surface area contributed by atoms with Gasteiger partial charge in [-0.05, 0) is 77.5 Å². The van der Waals surface area contributed by atoms with E-state index in [1.54, 1.807) is 0 Å². The Morgan fingerprint density at radius 1 is 1.00 bits per heavy atom. The van der Waals surface area contributed by atoms with Crippen LogP contribution < -0.4 is 0 Å². The third-order valence-electron chi connectivity index (χ3n) is 5.49. The van der Waals surface area contributed by atoms with Crippen molar-refractivity contribution in [1.82, 2.24) is 0 Å². The Balaban J connectivity index is 2.25. The zero-order valence-corrected chi connectivity index (χ0v) is 18.1. The van der Waals surface area contributed by atoms with Crippen LogP contribution in [0.1, 0.15) is 37.3 Å². The summed E-state index contributed by atoms with van der Waals surface area (Å²) in [6.07, 6.45) is 14.9. The minimum absolute atomic E-state index is 0.249. The van der Waals surface area contributed by atoms with Gasteiger partial charge in [0, 0.05) is 3.58 Å². The van der Waals surface area contributed by atoms with Crippen LogP contribution in [0.4, 0.5) is 0 Å². The molecule has 2 aromatic carbocycles. The second-order valence-electron chi connectivity index (χ2n) is 7.04. The van der Waals surface area contributed by atoms with Crippen molar-refractivity contribution in [2.75, 3.05) is 0 Å². The number of hydrogen-bond donors (Lipinski definition) is 0. The number of hydrogen-bond acceptors (Lipinski definition) is 0. The predicted molar refractivity (Wildman–Crippen MR) is 126 cm³/mol. The van der Waals surface area contributed by atoms with Crippen LogP contribution in [0.15, 0.2) is 107 Å². The van der Waals surface area contributed by atoms with Gasteiger partial charge in [0.15, 0.2) is 0 Å². The molecule has 0 saturated carbocycles. The number of halogens is 1. The third-order valence-corrected chi connectivity index (χ3v) is 6.48. The summed E-state index contributed by atoms with van der Waals surface area (Å²) >= 11 is 2.37. The molecule has 0 N–H and O–H groups in total. The van der Waals surface area contributed by atoms with Gasteiger partial charge in [-0.3, -0.25) is 0 Å². The second-order valence-corrected chi connectivity index (χ2v) is 8.28. The van der Waals surface area contributed by atoms with Crippen LogP contribution in [-0.2, 0) is 5.41 Å². The van der Waals surface area contributed by atoms with Crippen LogP contribution in [0.25, 0.3) is 0 Å². The first kappa shape index (κ1) is 19.9. The first-order valence-electron chi connectivity index (χ1n) is 9.66. The zero-order chi connectivity index (χ0) is 19.1. The molecule has 2 aromatic rings. The van der Waals surface area contributed by atoms with Gasteiger partial charge in [0.05, 0.1) is 5.41 Å². The Hall–Kier alpha value is -1.87. The van der Waals surface area contributed by atoms with Gasteiger partial charge in [-0.2, -0.15) is 0 Å². The van der Waals surface area contributed by atoms with Crippen LogP contribution in [-0.4, -0.2) is 0 Å². The first-order chi connectivity index (χ1) is 13.2. The summed E-state index contributed by atoms with van der Waals surface area (Å²) in [6, 6.07) is 21.8. The summed E-state index contributed by atoms with van der Waals surface area (Å²) in [5.74, 6) is 0.400. The van der Waals surface area contributed by atoms with E-state index in [0.717, 1.165) is 5.57 Å². The minimum atomic E-state index is -0.249. The van der Waals surface area contributed by atoms with Crippen LogP contribution >= 0.6 is 22.6 Å². The molecule has 0 radical (unpaired) electrons. The van der Waals surface area contributed by atoms with E-state index in [0.29, 0.717) is 5.92 Å². The molecule has 27 heavy (non-hydrogen) atoms. The highest BCUT2D eigenvalue weighted by atomic mass is 127. The Morgan fingerprint density at radius 3 is 2.07 bits per heavy atom. The van der Waals surface area contributed by atoms with Gasteiger partial charge in [0.25, 0.3) is 0 Å². The summed E-state index contributed by atoms with van der Waals surface area (Å²) in [4.78, 5) is 0. The van der Waals surface area contributed by atoms with Crippen LogP contribution in [0.2, 0.25) is 0 Å². The molecule has 0 spiro atoms. The van der Waals surface area contributed by atoms with Gasteiger partial charge in [-0.1, -0.05) is 91.5 Å². The molecule has 1 aliphatic rings. The fraction of sp³-hybridized carbons (Fsp3) is 0.231. The highest BCUT2D eigenvalue weighted by molar-refractivity contribution is 14.1. The molecule has 0 bridgehead atoms. The van der Waals surface area contributed by atoms with Crippen molar-refractivity contribution in [2.24, 2.45) is 5.92 Å². The van der Waals surface area contributed by atoms with Gasteiger partial charge >= 0.3 is 0 Å². The largest absolute Gasteiger partial charge is 0.0946 e. The summed E-state index contributed by atoms with van der Waals surface area (Å²) in [6.45, 7) is 6.68. The molecule has 1 aliphatic carbocycles. The lowest BCUT2D eigenvalue weighted by atomic mass is 9.59. The van der Waals surface area contributed by atoms with Crippen LogP contribution in [0.5, 0.6) is 0 Å². The highest BCUT2D eigenvalue weighted by Gasteiger charge is 2.42. The van der Waals surface area contributed by atoms with Gasteiger partial charge in [-0.25, -0.2) is 0 Å². The summed E-state index contributed by atoms with van der Waals surface area (Å²) in [5.41, 5.74) is 3.53. The van der Waals surface area contributed by atoms with Crippen LogP contribution in [0.3, 0.4) is 0 Å². The lowest BCUT2D eigenvalue weighted by Crippen LogP contribution is -2.38. The standard InChI is InChI=1S/C26H27I/c1-3-25(27)20-19-21(2)26(22-13-7-4-8-14-22,23-15-9-5-10-16-23)24-17-11-6-12-18-24/h3-5,7-11,13-17,19-20,24H,2,6,12,18H2,1H3/b20-19-,25-3+/t24-/m0/s1. The number of allylic oxidation sites excluding steroid dienone is 7. The van der Waals surface area contributed by atoms with Gasteiger partial charge in [0.2, 0.25) is 0 Å². The monoisotopic (exact) mass is 466 g/mol. The molecule has 0 aromatic heterocycles. The van der Waals surface area contributed by atoms with Crippen molar-refractivity contribution in [3.05, 3.63) is 118 Å². The average molecular weight is 466 g/mol.